The van der Waals surface area contributed by atoms with Crippen LogP contribution in [0, 0.1) is 0 Å². The Balaban J connectivity index is 1.18. The first-order valence-corrected chi connectivity index (χ1v) is 18.5. The number of hydrogen-bond donors (Lipinski definition) is 0. The fraction of sp³-hybridized carbons (Fsp3) is 0.0196. The molecular weight excluding hydrogens is 669 g/mol. The van der Waals surface area contributed by atoms with Gasteiger partial charge >= 0.3 is 0 Å². The number of fused-ring (bicyclic) bond motifs is 3. The van der Waals surface area contributed by atoms with E-state index in [4.69, 9.17) is 15.0 Å². The van der Waals surface area contributed by atoms with E-state index >= 15 is 0 Å². The quantitative estimate of drug-likeness (QED) is 0.166. The van der Waals surface area contributed by atoms with Crippen LogP contribution in [0.5, 0.6) is 0 Å². The zero-order valence-corrected chi connectivity index (χ0v) is 29.9. The Labute approximate surface area is 320 Å². The summed E-state index contributed by atoms with van der Waals surface area (Å²) in [5.74, 6) is 1.86. The zero-order valence-electron chi connectivity index (χ0n) is 29.9. The number of rotatable bonds is 7. The van der Waals surface area contributed by atoms with Crippen LogP contribution in [0.15, 0.2) is 207 Å². The maximum atomic E-state index is 5.24. The third-order valence-corrected chi connectivity index (χ3v) is 10.7. The molecule has 0 bridgehead atoms. The van der Waals surface area contributed by atoms with Crippen LogP contribution >= 0.6 is 0 Å². The number of hydrogen-bond acceptors (Lipinski definition) is 4. The summed E-state index contributed by atoms with van der Waals surface area (Å²) in [5.41, 5.74) is 14.1. The first kappa shape index (κ1) is 32.4. The molecule has 4 nitrogen and oxygen atoms in total. The van der Waals surface area contributed by atoms with E-state index in [1.165, 1.54) is 33.4 Å². The number of benzene rings is 7. The largest absolute Gasteiger partial charge is 0.265 e. The Morgan fingerprint density at radius 3 is 1.42 bits per heavy atom. The number of aromatic nitrogens is 4. The molecule has 0 amide bonds. The average Bonchev–Trinajstić information content (AvgIpc) is 3.58. The lowest BCUT2D eigenvalue weighted by molar-refractivity contribution is 0.768. The van der Waals surface area contributed by atoms with Gasteiger partial charge in [-0.1, -0.05) is 170 Å². The van der Waals surface area contributed by atoms with Crippen molar-refractivity contribution in [2.75, 3.05) is 0 Å². The molecule has 55 heavy (non-hydrogen) atoms. The van der Waals surface area contributed by atoms with Crippen LogP contribution in [-0.2, 0) is 5.41 Å². The summed E-state index contributed by atoms with van der Waals surface area (Å²) in [5, 5.41) is 0. The van der Waals surface area contributed by atoms with Gasteiger partial charge in [-0.15, -0.1) is 0 Å². The standard InChI is InChI=1S/C51H34N4/c1-4-13-35(14-5-1)39-15-12-16-40(33-39)49-53-48(38-25-23-36(24-26-38)37-29-31-52-32-30-37)54-50(55-49)41-27-28-45-44-21-10-11-22-46(44)51(47(45)34-41,42-17-6-2-7-18-42)43-19-8-3-9-20-43/h1-34H. The Hall–Kier alpha value is -7.30. The van der Waals surface area contributed by atoms with Gasteiger partial charge in [0.2, 0.25) is 0 Å². The second kappa shape index (κ2) is 13.6. The Bertz CT molecular complexity index is 2740. The zero-order chi connectivity index (χ0) is 36.6. The monoisotopic (exact) mass is 702 g/mol. The van der Waals surface area contributed by atoms with Gasteiger partial charge in [0.25, 0.3) is 0 Å². The lowest BCUT2D eigenvalue weighted by atomic mass is 9.67. The van der Waals surface area contributed by atoms with Crippen molar-refractivity contribution in [2.45, 2.75) is 5.41 Å². The normalized spacial score (nSPS) is 12.5. The van der Waals surface area contributed by atoms with Gasteiger partial charge in [-0.25, -0.2) is 15.0 Å². The van der Waals surface area contributed by atoms with Crippen molar-refractivity contribution in [2.24, 2.45) is 0 Å². The van der Waals surface area contributed by atoms with E-state index in [-0.39, 0.29) is 0 Å². The fourth-order valence-electron chi connectivity index (χ4n) is 8.17. The molecule has 4 heteroatoms. The molecular formula is C51H34N4. The Morgan fingerprint density at radius 1 is 0.291 bits per heavy atom. The predicted molar refractivity (Wildman–Crippen MR) is 222 cm³/mol. The van der Waals surface area contributed by atoms with Gasteiger partial charge in [0.15, 0.2) is 17.5 Å². The van der Waals surface area contributed by atoms with Gasteiger partial charge in [-0.05, 0) is 79.9 Å². The van der Waals surface area contributed by atoms with Crippen molar-refractivity contribution in [3.05, 3.63) is 229 Å². The molecule has 0 spiro atoms. The molecule has 0 saturated carbocycles. The smallest absolute Gasteiger partial charge is 0.164 e. The second-order valence-electron chi connectivity index (χ2n) is 13.9. The van der Waals surface area contributed by atoms with Crippen molar-refractivity contribution in [3.63, 3.8) is 0 Å². The topological polar surface area (TPSA) is 51.6 Å². The molecule has 0 saturated heterocycles. The summed E-state index contributed by atoms with van der Waals surface area (Å²) in [6, 6.07) is 68.6. The summed E-state index contributed by atoms with van der Waals surface area (Å²) >= 11 is 0. The summed E-state index contributed by atoms with van der Waals surface area (Å²) in [6.45, 7) is 0. The predicted octanol–water partition coefficient (Wildman–Crippen LogP) is 12.0. The van der Waals surface area contributed by atoms with Crippen molar-refractivity contribution in [1.29, 1.82) is 0 Å². The van der Waals surface area contributed by atoms with Crippen LogP contribution in [0.1, 0.15) is 22.3 Å². The van der Waals surface area contributed by atoms with Crippen molar-refractivity contribution in [1.82, 2.24) is 19.9 Å². The summed E-state index contributed by atoms with van der Waals surface area (Å²) < 4.78 is 0. The summed E-state index contributed by atoms with van der Waals surface area (Å²) in [4.78, 5) is 19.8. The maximum Gasteiger partial charge on any atom is 0.164 e. The van der Waals surface area contributed by atoms with Gasteiger partial charge in [-0.3, -0.25) is 4.98 Å². The molecule has 2 heterocycles. The molecule has 7 aromatic carbocycles. The lowest BCUT2D eigenvalue weighted by Crippen LogP contribution is -2.28. The molecule has 1 aliphatic carbocycles. The van der Waals surface area contributed by atoms with Crippen LogP contribution in [0.4, 0.5) is 0 Å². The second-order valence-corrected chi connectivity index (χ2v) is 13.9. The highest BCUT2D eigenvalue weighted by Gasteiger charge is 2.46. The highest BCUT2D eigenvalue weighted by Crippen LogP contribution is 2.56. The number of nitrogens with zero attached hydrogens (tertiary/aromatic N) is 4. The Kier molecular flexibility index (Phi) is 8.00. The minimum absolute atomic E-state index is 0.532. The van der Waals surface area contributed by atoms with E-state index in [2.05, 4.69) is 181 Å². The van der Waals surface area contributed by atoms with Crippen LogP contribution < -0.4 is 0 Å². The van der Waals surface area contributed by atoms with E-state index in [1.807, 2.05) is 30.6 Å². The molecule has 2 aromatic heterocycles. The number of pyridine rings is 1. The third-order valence-electron chi connectivity index (χ3n) is 10.7. The van der Waals surface area contributed by atoms with Crippen LogP contribution in [0.3, 0.4) is 0 Å². The lowest BCUT2D eigenvalue weighted by Gasteiger charge is -2.34. The van der Waals surface area contributed by atoms with Gasteiger partial charge < -0.3 is 0 Å². The first-order valence-electron chi connectivity index (χ1n) is 18.5. The van der Waals surface area contributed by atoms with Crippen molar-refractivity contribution in [3.8, 4) is 67.5 Å². The molecule has 0 radical (unpaired) electrons. The average molecular weight is 703 g/mol. The van der Waals surface area contributed by atoms with Gasteiger partial charge in [0.1, 0.15) is 0 Å². The van der Waals surface area contributed by atoms with Crippen LogP contribution in [0.2, 0.25) is 0 Å². The molecule has 0 atom stereocenters. The van der Waals surface area contributed by atoms with E-state index in [1.54, 1.807) is 0 Å². The summed E-state index contributed by atoms with van der Waals surface area (Å²) in [7, 11) is 0. The van der Waals surface area contributed by atoms with Gasteiger partial charge in [0, 0.05) is 29.1 Å². The van der Waals surface area contributed by atoms with E-state index in [0.29, 0.717) is 17.5 Å². The molecule has 1 aliphatic rings. The van der Waals surface area contributed by atoms with E-state index in [0.717, 1.165) is 38.9 Å². The fourth-order valence-corrected chi connectivity index (χ4v) is 8.17. The van der Waals surface area contributed by atoms with Gasteiger partial charge in [0.05, 0.1) is 5.41 Å². The SMILES string of the molecule is c1ccc(-c2cccc(-c3nc(-c4ccc(-c5ccncc5)cc4)nc(-c4ccc5c(c4)C(c4ccccc4)(c4ccccc4)c4ccccc4-5)n3)c2)cc1. The van der Waals surface area contributed by atoms with Crippen molar-refractivity contribution >= 4 is 0 Å². The minimum Gasteiger partial charge on any atom is -0.265 e. The molecule has 0 aliphatic heterocycles. The molecule has 258 valence electrons. The van der Waals surface area contributed by atoms with Crippen molar-refractivity contribution < 1.29 is 0 Å². The first-order chi connectivity index (χ1) is 27.3. The molecule has 0 N–H and O–H groups in total. The molecule has 9 aromatic rings. The maximum absolute atomic E-state index is 5.24. The molecule has 0 unspecified atom stereocenters. The van der Waals surface area contributed by atoms with Crippen LogP contribution in [0.25, 0.3) is 67.5 Å². The molecule has 0 fully saturated rings. The Morgan fingerprint density at radius 2 is 0.745 bits per heavy atom. The third kappa shape index (κ3) is 5.63. The highest BCUT2D eigenvalue weighted by molar-refractivity contribution is 5.88. The van der Waals surface area contributed by atoms with Gasteiger partial charge in [-0.2, -0.15) is 0 Å². The van der Waals surface area contributed by atoms with E-state index < -0.39 is 5.41 Å². The summed E-state index contributed by atoms with van der Waals surface area (Å²) in [6.07, 6.45) is 3.63. The molecule has 10 rings (SSSR count). The van der Waals surface area contributed by atoms with Crippen LogP contribution in [-0.4, -0.2) is 19.9 Å². The van der Waals surface area contributed by atoms with E-state index in [9.17, 15) is 0 Å². The highest BCUT2D eigenvalue weighted by atomic mass is 15.0. The minimum atomic E-state index is -0.532.